The van der Waals surface area contributed by atoms with Gasteiger partial charge in [-0.1, -0.05) is 35.3 Å². The van der Waals surface area contributed by atoms with E-state index < -0.39 is 38.4 Å². The summed E-state index contributed by atoms with van der Waals surface area (Å²) in [4.78, 5) is 15.0. The molecule has 0 heterocycles. The normalized spacial score (nSPS) is 11.9. The lowest BCUT2D eigenvalue weighted by Crippen LogP contribution is -2.32. The molecule has 0 aromatic heterocycles. The summed E-state index contributed by atoms with van der Waals surface area (Å²) in [5.41, 5.74) is 0.285. The summed E-state index contributed by atoms with van der Waals surface area (Å²) >= 11 is 11.1. The second-order valence-electron chi connectivity index (χ2n) is 6.73. The predicted molar refractivity (Wildman–Crippen MR) is 120 cm³/mol. The molecule has 0 atom stereocenters. The largest absolute Gasteiger partial charge is 0.416 e. The van der Waals surface area contributed by atoms with Gasteiger partial charge in [-0.25, -0.2) is 17.5 Å². The van der Waals surface area contributed by atoms with Crippen LogP contribution in [0, 0.1) is 12.7 Å². The molecule has 0 saturated carbocycles. The van der Waals surface area contributed by atoms with Crippen LogP contribution in [0.1, 0.15) is 31.9 Å². The van der Waals surface area contributed by atoms with Crippen molar-refractivity contribution in [3.63, 3.8) is 0 Å². The summed E-state index contributed by atoms with van der Waals surface area (Å²) in [5.74, 6) is -2.00. The Morgan fingerprint density at radius 2 is 1.73 bits per heavy atom. The molecule has 0 bridgehead atoms. The summed E-state index contributed by atoms with van der Waals surface area (Å²) in [7, 11) is -4.43. The third kappa shape index (κ3) is 8.79. The van der Waals surface area contributed by atoms with E-state index in [2.05, 4.69) is 4.99 Å². The minimum absolute atomic E-state index is 0.0916. The van der Waals surface area contributed by atoms with Crippen molar-refractivity contribution in [2.24, 2.45) is 4.99 Å². The van der Waals surface area contributed by atoms with Gasteiger partial charge in [0.2, 0.25) is 0 Å². The number of carbonyl (C=O) groups excluding carboxylic acids is 1. The summed E-state index contributed by atoms with van der Waals surface area (Å²) < 4.78 is 75.8. The monoisotopic (exact) mass is 526 g/mol. The Labute approximate surface area is 199 Å². The van der Waals surface area contributed by atoms with Crippen LogP contribution < -0.4 is 4.72 Å². The molecule has 33 heavy (non-hydrogen) atoms. The van der Waals surface area contributed by atoms with Crippen LogP contribution in [-0.4, -0.2) is 20.0 Å². The molecule has 0 unspecified atom stereocenters. The van der Waals surface area contributed by atoms with Gasteiger partial charge in [0.25, 0.3) is 15.9 Å². The van der Waals surface area contributed by atoms with E-state index in [0.717, 1.165) is 18.2 Å². The molecule has 0 fully saturated rings. The minimum atomic E-state index is -4.43. The first-order chi connectivity index (χ1) is 15.1. The van der Waals surface area contributed by atoms with Crippen LogP contribution in [0.3, 0.4) is 0 Å². The molecule has 0 spiro atoms. The van der Waals surface area contributed by atoms with E-state index in [0.29, 0.717) is 11.3 Å². The highest BCUT2D eigenvalue weighted by Gasteiger charge is 2.30. The summed E-state index contributed by atoms with van der Waals surface area (Å²) in [5, 5.41) is -0.199. The SMILES string of the molecule is C/C=C(\N=C(C)C)C(=O)NS(=O)(=O)c1c(F)cccc1Cl.Cc1cc(Cl)cc(C(F)(F)F)c1. The number of aryl methyl sites for hydroxylation is 1. The van der Waals surface area contributed by atoms with E-state index in [4.69, 9.17) is 23.2 Å². The number of hydrogen-bond donors (Lipinski definition) is 1. The highest BCUT2D eigenvalue weighted by atomic mass is 35.5. The maximum absolute atomic E-state index is 13.6. The number of hydrogen-bond acceptors (Lipinski definition) is 4. The first-order valence-corrected chi connectivity index (χ1v) is 11.4. The van der Waals surface area contributed by atoms with Gasteiger partial charge >= 0.3 is 6.18 Å². The smallest absolute Gasteiger partial charge is 0.266 e. The van der Waals surface area contributed by atoms with Gasteiger partial charge in [-0.05, 0) is 63.6 Å². The average Bonchev–Trinajstić information content (AvgIpc) is 2.64. The molecule has 2 aromatic rings. The summed E-state index contributed by atoms with van der Waals surface area (Å²) in [6.07, 6.45) is -2.96. The van der Waals surface area contributed by atoms with Crippen LogP contribution >= 0.6 is 23.2 Å². The van der Waals surface area contributed by atoms with Crippen molar-refractivity contribution in [3.05, 3.63) is 75.2 Å². The number of aliphatic imine (C=N–C) groups is 1. The van der Waals surface area contributed by atoms with Gasteiger partial charge < -0.3 is 0 Å². The fourth-order valence-corrected chi connectivity index (χ4v) is 4.21. The molecular weight excluding hydrogens is 507 g/mol. The highest BCUT2D eigenvalue weighted by molar-refractivity contribution is 7.90. The number of halogens is 6. The third-order valence-electron chi connectivity index (χ3n) is 3.63. The van der Waals surface area contributed by atoms with Gasteiger partial charge in [0, 0.05) is 10.7 Å². The van der Waals surface area contributed by atoms with Crippen LogP contribution in [0.25, 0.3) is 0 Å². The molecular formula is C21H20Cl2F4N2O3S. The molecule has 0 aliphatic heterocycles. The molecule has 12 heteroatoms. The lowest BCUT2D eigenvalue weighted by Gasteiger charge is -2.09. The number of nitrogens with one attached hydrogen (secondary N) is 1. The number of amides is 1. The number of carbonyl (C=O) groups is 1. The van der Waals surface area contributed by atoms with Crippen LogP contribution in [0.15, 0.2) is 58.1 Å². The highest BCUT2D eigenvalue weighted by Crippen LogP contribution is 2.31. The van der Waals surface area contributed by atoms with Crippen LogP contribution in [0.2, 0.25) is 10.0 Å². The molecule has 2 aromatic carbocycles. The Balaban J connectivity index is 0.000000383. The summed E-state index contributed by atoms with van der Waals surface area (Å²) in [6, 6.07) is 6.88. The fraction of sp³-hybridized carbons (Fsp3) is 0.238. The van der Waals surface area contributed by atoms with Crippen molar-refractivity contribution >= 4 is 44.8 Å². The maximum Gasteiger partial charge on any atom is 0.416 e. The molecule has 0 aliphatic carbocycles. The van der Waals surface area contributed by atoms with E-state index in [1.54, 1.807) is 25.5 Å². The quantitative estimate of drug-likeness (QED) is 0.287. The zero-order valence-corrected chi connectivity index (χ0v) is 20.2. The average molecular weight is 527 g/mol. The number of rotatable bonds is 4. The lowest BCUT2D eigenvalue weighted by molar-refractivity contribution is -0.137. The number of allylic oxidation sites excluding steroid dienone is 1. The fourth-order valence-electron chi connectivity index (χ4n) is 2.35. The number of benzene rings is 2. The van der Waals surface area contributed by atoms with E-state index in [9.17, 15) is 30.8 Å². The zero-order chi connectivity index (χ0) is 25.6. The Morgan fingerprint density at radius 1 is 1.12 bits per heavy atom. The van der Waals surface area contributed by atoms with Crippen LogP contribution in [0.4, 0.5) is 17.6 Å². The van der Waals surface area contributed by atoms with E-state index in [1.165, 1.54) is 31.2 Å². The van der Waals surface area contributed by atoms with Gasteiger partial charge in [0.05, 0.1) is 10.6 Å². The van der Waals surface area contributed by atoms with Crippen molar-refractivity contribution in [2.45, 2.75) is 38.8 Å². The van der Waals surface area contributed by atoms with Crippen molar-refractivity contribution in [1.29, 1.82) is 0 Å². The predicted octanol–water partition coefficient (Wildman–Crippen LogP) is 6.34. The summed E-state index contributed by atoms with van der Waals surface area (Å²) in [6.45, 7) is 6.41. The van der Waals surface area contributed by atoms with Crippen molar-refractivity contribution < 1.29 is 30.8 Å². The van der Waals surface area contributed by atoms with Gasteiger partial charge in [-0.3, -0.25) is 9.79 Å². The Bertz CT molecular complexity index is 1150. The van der Waals surface area contributed by atoms with E-state index >= 15 is 0 Å². The maximum atomic E-state index is 13.6. The molecule has 2 rings (SSSR count). The molecule has 5 nitrogen and oxygen atoms in total. The molecule has 0 saturated heterocycles. The second-order valence-corrected chi connectivity index (χ2v) is 9.20. The Kier molecular flexibility index (Phi) is 10.1. The van der Waals surface area contributed by atoms with Crippen molar-refractivity contribution in [1.82, 2.24) is 4.72 Å². The van der Waals surface area contributed by atoms with Crippen molar-refractivity contribution in [2.75, 3.05) is 0 Å². The van der Waals surface area contributed by atoms with Crippen LogP contribution in [-0.2, 0) is 21.0 Å². The number of sulfonamides is 1. The zero-order valence-electron chi connectivity index (χ0n) is 17.9. The Hall–Kier alpha value is -2.43. The topological polar surface area (TPSA) is 75.6 Å². The van der Waals surface area contributed by atoms with Gasteiger partial charge in [0.15, 0.2) is 0 Å². The second kappa shape index (κ2) is 11.6. The molecule has 1 N–H and O–H groups in total. The minimum Gasteiger partial charge on any atom is -0.266 e. The first-order valence-electron chi connectivity index (χ1n) is 9.12. The Morgan fingerprint density at radius 3 is 2.18 bits per heavy atom. The number of nitrogens with zero attached hydrogens (tertiary/aromatic N) is 1. The van der Waals surface area contributed by atoms with Gasteiger partial charge in [-0.2, -0.15) is 13.2 Å². The molecule has 0 radical (unpaired) electrons. The van der Waals surface area contributed by atoms with E-state index in [1.807, 2.05) is 0 Å². The van der Waals surface area contributed by atoms with Gasteiger partial charge in [-0.15, -0.1) is 0 Å². The van der Waals surface area contributed by atoms with Crippen molar-refractivity contribution in [3.8, 4) is 0 Å². The lowest BCUT2D eigenvalue weighted by atomic mass is 10.1. The molecule has 1 amide bonds. The third-order valence-corrected chi connectivity index (χ3v) is 5.69. The molecule has 0 aliphatic rings. The number of alkyl halides is 3. The van der Waals surface area contributed by atoms with E-state index in [-0.39, 0.29) is 15.7 Å². The van der Waals surface area contributed by atoms with Gasteiger partial charge in [0.1, 0.15) is 16.4 Å². The first kappa shape index (κ1) is 28.6. The van der Waals surface area contributed by atoms with Crippen LogP contribution in [0.5, 0.6) is 0 Å². The molecule has 180 valence electrons. The standard InChI is InChI=1S/C13H14ClFN2O3S.C8H6ClF3/c1-4-11(16-8(2)3)13(18)17-21(19,20)12-9(14)6-5-7-10(12)15;1-5-2-6(8(10,11)12)4-7(9)3-5/h4-7H,1-3H3,(H,17,18);2-4H,1H3/b11-4-;.